The van der Waals surface area contributed by atoms with E-state index in [1.807, 2.05) is 24.3 Å². The molecule has 1 N–H and O–H groups in total. The third-order valence-electron chi connectivity index (χ3n) is 6.24. The van der Waals surface area contributed by atoms with Crippen LogP contribution in [0.4, 0.5) is 5.00 Å². The maximum absolute atomic E-state index is 13.0. The molecule has 0 unspecified atom stereocenters. The molecule has 2 aliphatic carbocycles. The number of rotatable bonds is 4. The van der Waals surface area contributed by atoms with Gasteiger partial charge in [0.15, 0.2) is 6.61 Å². The van der Waals surface area contributed by atoms with Crippen LogP contribution in [0.15, 0.2) is 24.3 Å². The van der Waals surface area contributed by atoms with E-state index in [0.717, 1.165) is 79.1 Å². The predicted molar refractivity (Wildman–Crippen MR) is 123 cm³/mol. The summed E-state index contributed by atoms with van der Waals surface area (Å²) in [6.07, 6.45) is 7.74. The molecule has 2 aromatic heterocycles. The number of aryl methyl sites for hydroxylation is 2. The van der Waals surface area contributed by atoms with E-state index in [9.17, 15) is 14.9 Å². The first-order valence-corrected chi connectivity index (χ1v) is 11.9. The number of aromatic nitrogens is 1. The molecule has 3 aromatic rings. The number of hydrogen-bond donors (Lipinski definition) is 1. The van der Waals surface area contributed by atoms with E-state index in [4.69, 9.17) is 9.72 Å². The number of carbonyl (C=O) groups is 2. The second-order valence-corrected chi connectivity index (χ2v) is 9.39. The zero-order valence-corrected chi connectivity index (χ0v) is 18.5. The van der Waals surface area contributed by atoms with Crippen LogP contribution < -0.4 is 5.32 Å². The summed E-state index contributed by atoms with van der Waals surface area (Å²) in [4.78, 5) is 31.5. The fourth-order valence-corrected chi connectivity index (χ4v) is 6.01. The third-order valence-corrected chi connectivity index (χ3v) is 7.45. The summed E-state index contributed by atoms with van der Waals surface area (Å²) in [7, 11) is 0. The molecule has 5 rings (SSSR count). The van der Waals surface area contributed by atoms with Crippen LogP contribution in [0.25, 0.3) is 10.9 Å². The molecule has 0 saturated heterocycles. The van der Waals surface area contributed by atoms with E-state index >= 15 is 0 Å². The Bertz CT molecular complexity index is 1270. The number of anilines is 1. The zero-order chi connectivity index (χ0) is 22.1. The minimum atomic E-state index is -0.501. The maximum atomic E-state index is 13.0. The fourth-order valence-electron chi connectivity index (χ4n) is 4.76. The average Bonchev–Trinajstić information content (AvgIpc) is 3.32. The number of hydrogen-bond acceptors (Lipinski definition) is 6. The summed E-state index contributed by atoms with van der Waals surface area (Å²) in [5.74, 6) is -0.930. The number of benzene rings is 1. The maximum Gasteiger partial charge on any atom is 0.339 e. The summed E-state index contributed by atoms with van der Waals surface area (Å²) in [6.45, 7) is -0.391. The number of ether oxygens (including phenoxy) is 1. The molecule has 0 radical (unpaired) electrons. The minimum Gasteiger partial charge on any atom is -0.452 e. The lowest BCUT2D eigenvalue weighted by atomic mass is 10.0. The number of esters is 1. The molecule has 0 atom stereocenters. The Hall–Kier alpha value is -3.24. The van der Waals surface area contributed by atoms with Crippen LogP contribution in [0.5, 0.6) is 0 Å². The quantitative estimate of drug-likeness (QED) is 0.463. The molecule has 0 bridgehead atoms. The molecule has 2 heterocycles. The van der Waals surface area contributed by atoms with E-state index in [1.54, 1.807) is 0 Å². The Morgan fingerprint density at radius 1 is 1.06 bits per heavy atom. The first kappa shape index (κ1) is 20.7. The van der Waals surface area contributed by atoms with Gasteiger partial charge in [-0.3, -0.25) is 9.78 Å². The van der Waals surface area contributed by atoms with Crippen LogP contribution >= 0.6 is 11.3 Å². The van der Waals surface area contributed by atoms with E-state index in [0.29, 0.717) is 16.1 Å². The lowest BCUT2D eigenvalue weighted by Gasteiger charge is -2.12. The van der Waals surface area contributed by atoms with Crippen molar-refractivity contribution in [3.8, 4) is 6.07 Å². The predicted octanol–water partition coefficient (Wildman–Crippen LogP) is 4.72. The van der Waals surface area contributed by atoms with Crippen LogP contribution in [0, 0.1) is 11.3 Å². The van der Waals surface area contributed by atoms with E-state index in [1.165, 1.54) is 16.2 Å². The molecule has 162 valence electrons. The molecule has 1 aromatic carbocycles. The number of nitrogens with zero attached hydrogens (tertiary/aromatic N) is 2. The van der Waals surface area contributed by atoms with Crippen LogP contribution in [-0.2, 0) is 35.2 Å². The Morgan fingerprint density at radius 2 is 1.88 bits per heavy atom. The Balaban J connectivity index is 1.33. The molecule has 0 spiro atoms. The first-order valence-electron chi connectivity index (χ1n) is 11.1. The highest BCUT2D eigenvalue weighted by atomic mass is 32.1. The van der Waals surface area contributed by atoms with Crippen LogP contribution in [0.1, 0.15) is 63.3 Å². The Morgan fingerprint density at radius 3 is 2.75 bits per heavy atom. The third kappa shape index (κ3) is 3.76. The number of nitrogens with one attached hydrogen (secondary N) is 1. The van der Waals surface area contributed by atoms with Crippen molar-refractivity contribution in [3.05, 3.63) is 57.1 Å². The van der Waals surface area contributed by atoms with Gasteiger partial charge in [-0.2, -0.15) is 5.26 Å². The molecule has 0 fully saturated rings. The van der Waals surface area contributed by atoms with Gasteiger partial charge in [0.25, 0.3) is 5.91 Å². The van der Waals surface area contributed by atoms with E-state index < -0.39 is 18.5 Å². The first-order chi connectivity index (χ1) is 15.7. The SMILES string of the molecule is N#Cc1c(NC(=O)COC(=O)c2c3c(nc4ccccc24)CCC3)sc2c1CCCCC2. The van der Waals surface area contributed by atoms with Gasteiger partial charge in [-0.15, -0.1) is 11.3 Å². The lowest BCUT2D eigenvalue weighted by Crippen LogP contribution is -2.21. The molecule has 0 aliphatic heterocycles. The van der Waals surface area contributed by atoms with Crippen molar-refractivity contribution in [2.45, 2.75) is 51.4 Å². The summed E-state index contributed by atoms with van der Waals surface area (Å²) < 4.78 is 5.43. The van der Waals surface area contributed by atoms with Crippen molar-refractivity contribution in [3.63, 3.8) is 0 Å². The molecular weight excluding hydrogens is 422 g/mol. The molecule has 2 aliphatic rings. The summed E-state index contributed by atoms with van der Waals surface area (Å²) in [5, 5.41) is 13.8. The van der Waals surface area contributed by atoms with Crippen LogP contribution in [-0.4, -0.2) is 23.5 Å². The van der Waals surface area contributed by atoms with Gasteiger partial charge in [0.1, 0.15) is 11.1 Å². The van der Waals surface area contributed by atoms with Crippen molar-refractivity contribution in [2.24, 2.45) is 0 Å². The van der Waals surface area contributed by atoms with Gasteiger partial charge in [0.2, 0.25) is 0 Å². The van der Waals surface area contributed by atoms with Gasteiger partial charge in [-0.05, 0) is 62.1 Å². The smallest absolute Gasteiger partial charge is 0.339 e. The van der Waals surface area contributed by atoms with Crippen LogP contribution in [0.3, 0.4) is 0 Å². The van der Waals surface area contributed by atoms with Gasteiger partial charge >= 0.3 is 5.97 Å². The summed E-state index contributed by atoms with van der Waals surface area (Å²) >= 11 is 1.47. The minimum absolute atomic E-state index is 0.391. The van der Waals surface area contributed by atoms with Crippen LogP contribution in [0.2, 0.25) is 0 Å². The van der Waals surface area contributed by atoms with Crippen molar-refractivity contribution in [1.29, 1.82) is 5.26 Å². The van der Waals surface area contributed by atoms with Crippen molar-refractivity contribution in [2.75, 3.05) is 11.9 Å². The molecule has 1 amide bonds. The topological polar surface area (TPSA) is 92.1 Å². The molecule has 32 heavy (non-hydrogen) atoms. The number of carbonyl (C=O) groups excluding carboxylic acids is 2. The number of para-hydroxylation sites is 1. The Kier molecular flexibility index (Phi) is 5.62. The lowest BCUT2D eigenvalue weighted by molar-refractivity contribution is -0.119. The number of amides is 1. The molecule has 0 saturated carbocycles. The second-order valence-electron chi connectivity index (χ2n) is 8.29. The van der Waals surface area contributed by atoms with Crippen molar-refractivity contribution >= 4 is 39.1 Å². The van der Waals surface area contributed by atoms with Crippen molar-refractivity contribution < 1.29 is 14.3 Å². The van der Waals surface area contributed by atoms with Gasteiger partial charge in [0.05, 0.1) is 16.6 Å². The average molecular weight is 446 g/mol. The molecular formula is C25H23N3O3S. The van der Waals surface area contributed by atoms with Crippen molar-refractivity contribution in [1.82, 2.24) is 4.98 Å². The Labute approximate surface area is 190 Å². The normalized spacial score (nSPS) is 14.8. The number of pyridine rings is 1. The highest BCUT2D eigenvalue weighted by Crippen LogP contribution is 2.37. The van der Waals surface area contributed by atoms with Gasteiger partial charge in [-0.25, -0.2) is 4.79 Å². The molecule has 6 nitrogen and oxygen atoms in total. The number of fused-ring (bicyclic) bond motifs is 3. The summed E-state index contributed by atoms with van der Waals surface area (Å²) in [6, 6.07) is 9.79. The highest BCUT2D eigenvalue weighted by Gasteiger charge is 2.26. The second kappa shape index (κ2) is 8.71. The number of thiophene rings is 1. The van der Waals surface area contributed by atoms with Gasteiger partial charge < -0.3 is 10.1 Å². The van der Waals surface area contributed by atoms with Gasteiger partial charge in [0, 0.05) is 16.0 Å². The number of nitriles is 1. The fraction of sp³-hybridized carbons (Fsp3) is 0.360. The molecule has 7 heteroatoms. The van der Waals surface area contributed by atoms with E-state index in [2.05, 4.69) is 11.4 Å². The zero-order valence-electron chi connectivity index (χ0n) is 17.7. The summed E-state index contributed by atoms with van der Waals surface area (Å²) in [5.41, 5.74) is 4.80. The highest BCUT2D eigenvalue weighted by molar-refractivity contribution is 7.16. The largest absolute Gasteiger partial charge is 0.452 e. The standard InChI is InChI=1S/C25H23N3O3S/c26-13-18-15-7-2-1-3-12-21(15)32-24(18)28-22(29)14-31-25(30)23-16-8-4-5-10-19(16)27-20-11-6-9-17(20)23/h4-5,8,10H,1-3,6-7,9,11-12,14H2,(H,28,29). The van der Waals surface area contributed by atoms with E-state index in [-0.39, 0.29) is 0 Å². The van der Waals surface area contributed by atoms with Gasteiger partial charge in [-0.1, -0.05) is 24.6 Å². The monoisotopic (exact) mass is 445 g/mol.